The molecule has 0 unspecified atom stereocenters. The van der Waals surface area contributed by atoms with E-state index in [0.29, 0.717) is 29.2 Å². The quantitative estimate of drug-likeness (QED) is 0.631. The second kappa shape index (κ2) is 9.88. The Morgan fingerprint density at radius 3 is 2.76 bits per heavy atom. The summed E-state index contributed by atoms with van der Waals surface area (Å²) in [5.41, 5.74) is 1.38. The molecule has 5 nitrogen and oxygen atoms in total. The zero-order valence-corrected chi connectivity index (χ0v) is 14.7. The molecule has 25 heavy (non-hydrogen) atoms. The number of benzene rings is 1. The van der Waals surface area contributed by atoms with E-state index in [-0.39, 0.29) is 24.6 Å². The van der Waals surface area contributed by atoms with Gasteiger partial charge in [-0.2, -0.15) is 0 Å². The SMILES string of the molecule is O=C(O)CCCCCCNC(=O)Cc1csc(-c2cccc(F)c2)n1. The van der Waals surface area contributed by atoms with Crippen molar-refractivity contribution in [1.29, 1.82) is 0 Å². The first-order chi connectivity index (χ1) is 12.0. The second-order valence-electron chi connectivity index (χ2n) is 5.74. The van der Waals surface area contributed by atoms with E-state index >= 15 is 0 Å². The van der Waals surface area contributed by atoms with Crippen molar-refractivity contribution in [3.63, 3.8) is 0 Å². The largest absolute Gasteiger partial charge is 0.481 e. The van der Waals surface area contributed by atoms with Crippen molar-refractivity contribution in [1.82, 2.24) is 10.3 Å². The van der Waals surface area contributed by atoms with Crippen molar-refractivity contribution >= 4 is 23.2 Å². The Bertz CT molecular complexity index is 718. The molecule has 0 atom stereocenters. The van der Waals surface area contributed by atoms with Crippen LogP contribution in [0.5, 0.6) is 0 Å². The van der Waals surface area contributed by atoms with Crippen LogP contribution in [0.1, 0.15) is 37.8 Å². The molecule has 1 aromatic carbocycles. The van der Waals surface area contributed by atoms with Crippen molar-refractivity contribution in [3.05, 3.63) is 41.2 Å². The maximum Gasteiger partial charge on any atom is 0.303 e. The summed E-state index contributed by atoms with van der Waals surface area (Å²) >= 11 is 1.39. The number of carboxylic acids is 1. The predicted molar refractivity (Wildman–Crippen MR) is 94.9 cm³/mol. The molecule has 2 rings (SSSR count). The Hall–Kier alpha value is -2.28. The number of nitrogens with one attached hydrogen (secondary N) is 1. The molecule has 1 aromatic heterocycles. The number of thiazole rings is 1. The third-order valence-electron chi connectivity index (χ3n) is 3.60. The fourth-order valence-corrected chi connectivity index (χ4v) is 3.17. The summed E-state index contributed by atoms with van der Waals surface area (Å²) in [4.78, 5) is 26.7. The molecule has 0 aliphatic carbocycles. The fourth-order valence-electron chi connectivity index (χ4n) is 2.35. The van der Waals surface area contributed by atoms with Crippen LogP contribution in [0.25, 0.3) is 10.6 Å². The van der Waals surface area contributed by atoms with Gasteiger partial charge in [-0.1, -0.05) is 25.0 Å². The maximum atomic E-state index is 13.2. The second-order valence-corrected chi connectivity index (χ2v) is 6.60. The van der Waals surface area contributed by atoms with E-state index < -0.39 is 5.97 Å². The molecule has 0 fully saturated rings. The van der Waals surface area contributed by atoms with Gasteiger partial charge in [0.2, 0.25) is 5.91 Å². The van der Waals surface area contributed by atoms with Crippen LogP contribution in [0.3, 0.4) is 0 Å². The van der Waals surface area contributed by atoms with Gasteiger partial charge in [0, 0.05) is 23.9 Å². The average molecular weight is 364 g/mol. The number of amides is 1. The van der Waals surface area contributed by atoms with E-state index in [2.05, 4.69) is 10.3 Å². The van der Waals surface area contributed by atoms with E-state index in [1.54, 1.807) is 12.1 Å². The van der Waals surface area contributed by atoms with Crippen LogP contribution in [0, 0.1) is 5.82 Å². The molecule has 1 amide bonds. The normalized spacial score (nSPS) is 10.6. The summed E-state index contributed by atoms with van der Waals surface area (Å²) in [5, 5.41) is 13.9. The molecular formula is C18H21FN2O3S. The van der Waals surface area contributed by atoms with Gasteiger partial charge in [-0.15, -0.1) is 11.3 Å². The standard InChI is InChI=1S/C18H21FN2O3S/c19-14-7-5-6-13(10-14)18-21-15(12-25-18)11-16(22)20-9-4-2-1-3-8-17(23)24/h5-7,10,12H,1-4,8-9,11H2,(H,20,22)(H,23,24). The zero-order chi connectivity index (χ0) is 18.1. The first-order valence-electron chi connectivity index (χ1n) is 8.23. The molecule has 7 heteroatoms. The Balaban J connectivity index is 1.68. The van der Waals surface area contributed by atoms with E-state index in [9.17, 15) is 14.0 Å². The topological polar surface area (TPSA) is 79.3 Å². The molecule has 0 saturated heterocycles. The summed E-state index contributed by atoms with van der Waals surface area (Å²) in [6.07, 6.45) is 3.65. The first kappa shape index (κ1) is 19.1. The molecule has 0 radical (unpaired) electrons. The van der Waals surface area contributed by atoms with Gasteiger partial charge in [0.05, 0.1) is 12.1 Å². The molecular weight excluding hydrogens is 343 g/mol. The molecule has 2 N–H and O–H groups in total. The lowest BCUT2D eigenvalue weighted by molar-refractivity contribution is -0.137. The Labute approximate surface area is 149 Å². The van der Waals surface area contributed by atoms with E-state index in [0.717, 1.165) is 19.3 Å². The van der Waals surface area contributed by atoms with Crippen LogP contribution >= 0.6 is 11.3 Å². The molecule has 0 aliphatic heterocycles. The summed E-state index contributed by atoms with van der Waals surface area (Å²) in [6.45, 7) is 0.576. The number of hydrogen-bond donors (Lipinski definition) is 2. The maximum absolute atomic E-state index is 13.2. The zero-order valence-electron chi connectivity index (χ0n) is 13.8. The highest BCUT2D eigenvalue weighted by atomic mass is 32.1. The molecule has 2 aromatic rings. The summed E-state index contributed by atoms with van der Waals surface area (Å²) in [6, 6.07) is 6.23. The van der Waals surface area contributed by atoms with Gasteiger partial charge in [0.25, 0.3) is 0 Å². The van der Waals surface area contributed by atoms with Crippen LogP contribution in [0.2, 0.25) is 0 Å². The lowest BCUT2D eigenvalue weighted by Crippen LogP contribution is -2.26. The summed E-state index contributed by atoms with van der Waals surface area (Å²) in [7, 11) is 0. The van der Waals surface area contributed by atoms with Crippen LogP contribution in [0.4, 0.5) is 4.39 Å². The minimum absolute atomic E-state index is 0.0957. The van der Waals surface area contributed by atoms with Crippen molar-refractivity contribution in [2.45, 2.75) is 38.5 Å². The van der Waals surface area contributed by atoms with Crippen LogP contribution in [0.15, 0.2) is 29.6 Å². The van der Waals surface area contributed by atoms with E-state index in [1.165, 1.54) is 23.5 Å². The number of carboxylic acid groups (broad SMARTS) is 1. The molecule has 1 heterocycles. The van der Waals surface area contributed by atoms with E-state index in [1.807, 2.05) is 5.38 Å². The smallest absolute Gasteiger partial charge is 0.303 e. The van der Waals surface area contributed by atoms with Gasteiger partial charge in [-0.3, -0.25) is 9.59 Å². The molecule has 0 saturated carbocycles. The Kier molecular flexibility index (Phi) is 7.53. The number of nitrogens with zero attached hydrogens (tertiary/aromatic N) is 1. The third-order valence-corrected chi connectivity index (χ3v) is 4.54. The highest BCUT2D eigenvalue weighted by Gasteiger charge is 2.09. The number of unbranched alkanes of at least 4 members (excludes halogenated alkanes) is 3. The number of hydrogen-bond acceptors (Lipinski definition) is 4. The molecule has 134 valence electrons. The Morgan fingerprint density at radius 1 is 1.20 bits per heavy atom. The van der Waals surface area contributed by atoms with Gasteiger partial charge in [0.15, 0.2) is 0 Å². The number of aromatic nitrogens is 1. The molecule has 0 spiro atoms. The predicted octanol–water partition coefficient (Wildman–Crippen LogP) is 3.64. The Morgan fingerprint density at radius 2 is 2.00 bits per heavy atom. The van der Waals surface area contributed by atoms with Crippen molar-refractivity contribution in [3.8, 4) is 10.6 Å². The summed E-state index contributed by atoms with van der Waals surface area (Å²) < 4.78 is 13.2. The number of halogens is 1. The van der Waals surface area contributed by atoms with Gasteiger partial charge in [-0.25, -0.2) is 9.37 Å². The monoisotopic (exact) mass is 364 g/mol. The lowest BCUT2D eigenvalue weighted by Gasteiger charge is -2.04. The van der Waals surface area contributed by atoms with E-state index in [4.69, 9.17) is 5.11 Å². The average Bonchev–Trinajstić information content (AvgIpc) is 3.02. The highest BCUT2D eigenvalue weighted by Crippen LogP contribution is 2.24. The van der Waals surface area contributed by atoms with Crippen molar-refractivity contribution in [2.24, 2.45) is 0 Å². The highest BCUT2D eigenvalue weighted by molar-refractivity contribution is 7.13. The lowest BCUT2D eigenvalue weighted by atomic mass is 10.1. The molecule has 0 aliphatic rings. The van der Waals surface area contributed by atoms with Crippen LogP contribution in [-0.4, -0.2) is 28.5 Å². The minimum atomic E-state index is -0.769. The summed E-state index contributed by atoms with van der Waals surface area (Å²) in [5.74, 6) is -1.17. The molecule has 0 bridgehead atoms. The van der Waals surface area contributed by atoms with Crippen LogP contribution in [-0.2, 0) is 16.0 Å². The van der Waals surface area contributed by atoms with Crippen molar-refractivity contribution in [2.75, 3.05) is 6.54 Å². The fraction of sp³-hybridized carbons (Fsp3) is 0.389. The minimum Gasteiger partial charge on any atom is -0.481 e. The van der Waals surface area contributed by atoms with Gasteiger partial charge < -0.3 is 10.4 Å². The number of carbonyl (C=O) groups excluding carboxylic acids is 1. The first-order valence-corrected chi connectivity index (χ1v) is 9.11. The van der Waals surface area contributed by atoms with Crippen molar-refractivity contribution < 1.29 is 19.1 Å². The number of carbonyl (C=O) groups is 2. The third kappa shape index (κ3) is 7.01. The number of rotatable bonds is 10. The van der Waals surface area contributed by atoms with Gasteiger partial charge >= 0.3 is 5.97 Å². The van der Waals surface area contributed by atoms with Gasteiger partial charge in [0.1, 0.15) is 10.8 Å². The number of aliphatic carboxylic acids is 1. The van der Waals surface area contributed by atoms with Crippen LogP contribution < -0.4 is 5.32 Å². The van der Waals surface area contributed by atoms with Gasteiger partial charge in [-0.05, 0) is 25.0 Å².